The lowest BCUT2D eigenvalue weighted by atomic mass is 10.1. The van der Waals surface area contributed by atoms with Gasteiger partial charge in [-0.05, 0) is 44.9 Å². The van der Waals surface area contributed by atoms with E-state index in [1.54, 1.807) is 11.8 Å². The van der Waals surface area contributed by atoms with Gasteiger partial charge in [0.15, 0.2) is 5.96 Å². The number of hydrogen-bond acceptors (Lipinski definition) is 3. The van der Waals surface area contributed by atoms with Gasteiger partial charge in [-0.15, -0.1) is 24.0 Å². The van der Waals surface area contributed by atoms with Crippen molar-refractivity contribution in [2.45, 2.75) is 39.3 Å². The van der Waals surface area contributed by atoms with Crippen molar-refractivity contribution in [3.63, 3.8) is 0 Å². The standard InChI is InChI=1S/C18H26F2N4O2.HI/c1-3-21-17(22-12-13-11-14(19)5-6-16(13)20)23-15-7-9-24(10-8-15)18(25)26-4-2;/h5-6,11,15H,3-4,7-10,12H2,1-2H3,(H2,21,22,23);1H. The first kappa shape index (κ1) is 23.4. The molecule has 9 heteroatoms. The molecule has 0 spiro atoms. The van der Waals surface area contributed by atoms with Crippen LogP contribution in [0.3, 0.4) is 0 Å². The lowest BCUT2D eigenvalue weighted by Gasteiger charge is -2.32. The van der Waals surface area contributed by atoms with Gasteiger partial charge in [0.05, 0.1) is 13.2 Å². The molecule has 2 rings (SSSR count). The highest BCUT2D eigenvalue weighted by Gasteiger charge is 2.24. The molecule has 0 saturated carbocycles. The van der Waals surface area contributed by atoms with Crippen LogP contribution in [-0.4, -0.2) is 49.2 Å². The molecule has 1 aliphatic rings. The molecule has 0 radical (unpaired) electrons. The molecule has 0 bridgehead atoms. The highest BCUT2D eigenvalue weighted by atomic mass is 127. The first-order valence-electron chi connectivity index (χ1n) is 8.94. The maximum absolute atomic E-state index is 13.7. The molecule has 0 unspecified atom stereocenters. The van der Waals surface area contributed by atoms with E-state index >= 15 is 0 Å². The van der Waals surface area contributed by atoms with Crippen LogP contribution in [0.2, 0.25) is 0 Å². The minimum absolute atomic E-state index is 0. The summed E-state index contributed by atoms with van der Waals surface area (Å²) in [6.45, 7) is 5.99. The van der Waals surface area contributed by atoms with Gasteiger partial charge in [0, 0.05) is 31.2 Å². The molecular weight excluding hydrogens is 469 g/mol. The van der Waals surface area contributed by atoms with Crippen LogP contribution in [0.15, 0.2) is 23.2 Å². The van der Waals surface area contributed by atoms with Crippen LogP contribution in [0.4, 0.5) is 13.6 Å². The number of nitrogens with one attached hydrogen (secondary N) is 2. The lowest BCUT2D eigenvalue weighted by molar-refractivity contribution is 0.0963. The Morgan fingerprint density at radius 3 is 2.63 bits per heavy atom. The average molecular weight is 496 g/mol. The van der Waals surface area contributed by atoms with Crippen molar-refractivity contribution >= 4 is 36.0 Å². The smallest absolute Gasteiger partial charge is 0.409 e. The number of aliphatic imine (C=N–C) groups is 1. The quantitative estimate of drug-likeness (QED) is 0.373. The van der Waals surface area contributed by atoms with Gasteiger partial charge in [0.2, 0.25) is 0 Å². The second kappa shape index (κ2) is 11.9. The Morgan fingerprint density at radius 2 is 2.00 bits per heavy atom. The first-order chi connectivity index (χ1) is 12.5. The minimum Gasteiger partial charge on any atom is -0.450 e. The Kier molecular flexibility index (Phi) is 10.3. The molecule has 1 heterocycles. The number of carbonyl (C=O) groups is 1. The molecule has 0 aromatic heterocycles. The topological polar surface area (TPSA) is 66.0 Å². The zero-order valence-electron chi connectivity index (χ0n) is 15.6. The Morgan fingerprint density at radius 1 is 1.30 bits per heavy atom. The minimum atomic E-state index is -0.485. The molecule has 1 saturated heterocycles. The number of guanidine groups is 1. The maximum atomic E-state index is 13.7. The number of ether oxygens (including phenoxy) is 1. The number of nitrogens with zero attached hydrogens (tertiary/aromatic N) is 2. The predicted molar refractivity (Wildman–Crippen MR) is 111 cm³/mol. The van der Waals surface area contributed by atoms with Crippen molar-refractivity contribution in [2.24, 2.45) is 4.99 Å². The van der Waals surface area contributed by atoms with Crippen LogP contribution in [0.25, 0.3) is 0 Å². The highest BCUT2D eigenvalue weighted by Crippen LogP contribution is 2.13. The van der Waals surface area contributed by atoms with E-state index in [9.17, 15) is 13.6 Å². The molecule has 0 atom stereocenters. The summed E-state index contributed by atoms with van der Waals surface area (Å²) in [7, 11) is 0. The average Bonchev–Trinajstić information content (AvgIpc) is 2.63. The number of likely N-dealkylation sites (tertiary alicyclic amines) is 1. The molecule has 1 aromatic rings. The largest absolute Gasteiger partial charge is 0.450 e. The van der Waals surface area contributed by atoms with Gasteiger partial charge in [-0.25, -0.2) is 18.6 Å². The molecule has 1 fully saturated rings. The van der Waals surface area contributed by atoms with Gasteiger partial charge in [-0.1, -0.05) is 0 Å². The van der Waals surface area contributed by atoms with Crippen LogP contribution in [-0.2, 0) is 11.3 Å². The summed E-state index contributed by atoms with van der Waals surface area (Å²) in [5.41, 5.74) is 0.208. The molecule has 2 N–H and O–H groups in total. The normalized spacial score (nSPS) is 15.1. The fourth-order valence-electron chi connectivity index (χ4n) is 2.76. The van der Waals surface area contributed by atoms with E-state index in [-0.39, 0.29) is 48.2 Å². The third-order valence-electron chi connectivity index (χ3n) is 4.12. The Balaban J connectivity index is 0.00000364. The van der Waals surface area contributed by atoms with Gasteiger partial charge in [0.1, 0.15) is 11.6 Å². The third-order valence-corrected chi connectivity index (χ3v) is 4.12. The van der Waals surface area contributed by atoms with E-state index in [0.717, 1.165) is 31.0 Å². The van der Waals surface area contributed by atoms with Crippen molar-refractivity contribution in [1.29, 1.82) is 0 Å². The summed E-state index contributed by atoms with van der Waals surface area (Å²) in [5, 5.41) is 6.40. The number of hydrogen-bond donors (Lipinski definition) is 2. The number of benzene rings is 1. The van der Waals surface area contributed by atoms with Gasteiger partial charge in [0.25, 0.3) is 0 Å². The van der Waals surface area contributed by atoms with E-state index in [1.807, 2.05) is 6.92 Å². The molecular formula is C18H27F2IN4O2. The Labute approximate surface area is 175 Å². The van der Waals surface area contributed by atoms with E-state index in [0.29, 0.717) is 32.2 Å². The molecule has 27 heavy (non-hydrogen) atoms. The van der Waals surface area contributed by atoms with Crippen molar-refractivity contribution < 1.29 is 18.3 Å². The second-order valence-corrected chi connectivity index (χ2v) is 6.04. The van der Waals surface area contributed by atoms with E-state index in [1.165, 1.54) is 0 Å². The zero-order chi connectivity index (χ0) is 18.9. The van der Waals surface area contributed by atoms with Crippen LogP contribution in [0.5, 0.6) is 0 Å². The Bertz CT molecular complexity index is 638. The molecule has 1 aliphatic heterocycles. The number of rotatable bonds is 5. The molecule has 1 amide bonds. The number of piperidine rings is 1. The molecule has 0 aliphatic carbocycles. The summed E-state index contributed by atoms with van der Waals surface area (Å²) in [6.07, 6.45) is 1.24. The zero-order valence-corrected chi connectivity index (χ0v) is 18.0. The number of carbonyl (C=O) groups excluding carboxylic acids is 1. The summed E-state index contributed by atoms with van der Waals surface area (Å²) in [4.78, 5) is 17.8. The van der Waals surface area contributed by atoms with Crippen molar-refractivity contribution in [1.82, 2.24) is 15.5 Å². The second-order valence-electron chi connectivity index (χ2n) is 6.04. The summed E-state index contributed by atoms with van der Waals surface area (Å²) in [6, 6.07) is 3.49. The monoisotopic (exact) mass is 496 g/mol. The fraction of sp³-hybridized carbons (Fsp3) is 0.556. The summed E-state index contributed by atoms with van der Waals surface area (Å²) >= 11 is 0. The maximum Gasteiger partial charge on any atom is 0.409 e. The summed E-state index contributed by atoms with van der Waals surface area (Å²) in [5.74, 6) is -0.416. The van der Waals surface area contributed by atoms with Crippen molar-refractivity contribution in [3.05, 3.63) is 35.4 Å². The van der Waals surface area contributed by atoms with Crippen LogP contribution < -0.4 is 10.6 Å². The van der Waals surface area contributed by atoms with Crippen LogP contribution in [0.1, 0.15) is 32.3 Å². The lowest BCUT2D eigenvalue weighted by Crippen LogP contribution is -2.49. The van der Waals surface area contributed by atoms with Gasteiger partial charge >= 0.3 is 6.09 Å². The van der Waals surface area contributed by atoms with Gasteiger partial charge in [-0.3, -0.25) is 0 Å². The van der Waals surface area contributed by atoms with E-state index < -0.39 is 11.6 Å². The first-order valence-corrected chi connectivity index (χ1v) is 8.94. The Hall–Kier alpha value is -1.65. The molecule has 6 nitrogen and oxygen atoms in total. The highest BCUT2D eigenvalue weighted by molar-refractivity contribution is 14.0. The van der Waals surface area contributed by atoms with Gasteiger partial charge in [-0.2, -0.15) is 0 Å². The third kappa shape index (κ3) is 7.47. The fourth-order valence-corrected chi connectivity index (χ4v) is 2.76. The predicted octanol–water partition coefficient (Wildman–Crippen LogP) is 3.26. The molecule has 152 valence electrons. The number of halogens is 3. The van der Waals surface area contributed by atoms with Gasteiger partial charge < -0.3 is 20.3 Å². The number of amides is 1. The van der Waals surface area contributed by atoms with Crippen LogP contribution in [0, 0.1) is 11.6 Å². The van der Waals surface area contributed by atoms with Crippen molar-refractivity contribution in [3.8, 4) is 0 Å². The summed E-state index contributed by atoms with van der Waals surface area (Å²) < 4.78 is 32.0. The van der Waals surface area contributed by atoms with Crippen molar-refractivity contribution in [2.75, 3.05) is 26.2 Å². The van der Waals surface area contributed by atoms with E-state index in [4.69, 9.17) is 4.74 Å². The SMILES string of the molecule is CCNC(=NCc1cc(F)ccc1F)NC1CCN(C(=O)OCC)CC1.I. The molecule has 1 aromatic carbocycles. The van der Waals surface area contributed by atoms with Crippen LogP contribution >= 0.6 is 24.0 Å². The van der Waals surface area contributed by atoms with E-state index in [2.05, 4.69) is 15.6 Å².